The first-order valence-corrected chi connectivity index (χ1v) is 6.35. The molecule has 0 saturated heterocycles. The minimum absolute atomic E-state index is 0.113. The minimum atomic E-state index is -0.417. The number of aryl methyl sites for hydroxylation is 2. The van der Waals surface area contributed by atoms with Gasteiger partial charge < -0.3 is 10.6 Å². The molecule has 2 N–H and O–H groups in total. The molecule has 3 heteroatoms. The van der Waals surface area contributed by atoms with Crippen LogP contribution in [0.2, 0.25) is 0 Å². The maximum Gasteiger partial charge on any atom is 0.232 e. The maximum absolute atomic E-state index is 12.5. The molecule has 0 heterocycles. The van der Waals surface area contributed by atoms with Crippen molar-refractivity contribution in [1.82, 2.24) is 0 Å². The van der Waals surface area contributed by atoms with Crippen LogP contribution < -0.4 is 10.6 Å². The van der Waals surface area contributed by atoms with Gasteiger partial charge in [0, 0.05) is 18.2 Å². The van der Waals surface area contributed by atoms with E-state index in [0.717, 1.165) is 16.8 Å². The molecule has 0 bridgehead atoms. The van der Waals surface area contributed by atoms with Crippen molar-refractivity contribution in [2.45, 2.75) is 34.1 Å². The van der Waals surface area contributed by atoms with E-state index in [1.807, 2.05) is 46.9 Å². The average Bonchev–Trinajstić information content (AvgIpc) is 2.30. The number of rotatable bonds is 4. The fourth-order valence-electron chi connectivity index (χ4n) is 2.11. The second-order valence-corrected chi connectivity index (χ2v) is 5.58. The molecule has 0 spiro atoms. The Morgan fingerprint density at radius 1 is 1.33 bits per heavy atom. The van der Waals surface area contributed by atoms with Gasteiger partial charge in [0.05, 0.1) is 0 Å². The van der Waals surface area contributed by atoms with E-state index in [-0.39, 0.29) is 5.91 Å². The predicted molar refractivity (Wildman–Crippen MR) is 76.8 cm³/mol. The van der Waals surface area contributed by atoms with Crippen molar-refractivity contribution in [1.29, 1.82) is 0 Å². The number of carbonyl (C=O) groups excluding carboxylic acids is 1. The lowest BCUT2D eigenvalue weighted by Crippen LogP contribution is -2.40. The standard InChI is InChI=1S/C15H24N2O/c1-11-6-7-12(2)13(10-11)17(5)14(18)15(3,4)8-9-16/h6-7,10H,8-9,16H2,1-5H3. The highest BCUT2D eigenvalue weighted by Crippen LogP contribution is 2.28. The summed E-state index contributed by atoms with van der Waals surface area (Å²) in [6, 6.07) is 6.15. The van der Waals surface area contributed by atoms with E-state index in [1.54, 1.807) is 4.90 Å². The number of amides is 1. The molecule has 0 saturated carbocycles. The number of hydrogen-bond acceptors (Lipinski definition) is 2. The fourth-order valence-corrected chi connectivity index (χ4v) is 2.11. The minimum Gasteiger partial charge on any atom is -0.330 e. The molecule has 0 aliphatic rings. The molecule has 1 aromatic rings. The van der Waals surface area contributed by atoms with Gasteiger partial charge in [0.15, 0.2) is 0 Å². The number of hydrogen-bond donors (Lipinski definition) is 1. The molecule has 0 fully saturated rings. The van der Waals surface area contributed by atoms with Gasteiger partial charge in [-0.15, -0.1) is 0 Å². The topological polar surface area (TPSA) is 46.3 Å². The van der Waals surface area contributed by atoms with E-state index in [0.29, 0.717) is 13.0 Å². The van der Waals surface area contributed by atoms with Gasteiger partial charge >= 0.3 is 0 Å². The zero-order valence-corrected chi connectivity index (χ0v) is 12.1. The van der Waals surface area contributed by atoms with Crippen molar-refractivity contribution in [3.05, 3.63) is 29.3 Å². The second kappa shape index (κ2) is 5.53. The van der Waals surface area contributed by atoms with E-state index in [2.05, 4.69) is 6.07 Å². The van der Waals surface area contributed by atoms with Gasteiger partial charge in [-0.3, -0.25) is 4.79 Å². The van der Waals surface area contributed by atoms with E-state index < -0.39 is 5.41 Å². The zero-order chi connectivity index (χ0) is 13.9. The molecular weight excluding hydrogens is 224 g/mol. The molecule has 0 aliphatic heterocycles. The average molecular weight is 248 g/mol. The van der Waals surface area contributed by atoms with Crippen molar-refractivity contribution in [3.8, 4) is 0 Å². The molecule has 0 unspecified atom stereocenters. The summed E-state index contributed by atoms with van der Waals surface area (Å²) in [6.07, 6.45) is 0.695. The summed E-state index contributed by atoms with van der Waals surface area (Å²) in [5, 5.41) is 0. The van der Waals surface area contributed by atoms with Gasteiger partial charge in [0.1, 0.15) is 0 Å². The molecule has 1 rings (SSSR count). The highest BCUT2D eigenvalue weighted by atomic mass is 16.2. The van der Waals surface area contributed by atoms with Crippen molar-refractivity contribution in [2.24, 2.45) is 11.1 Å². The largest absolute Gasteiger partial charge is 0.330 e. The van der Waals surface area contributed by atoms with E-state index >= 15 is 0 Å². The van der Waals surface area contributed by atoms with Crippen LogP contribution in [-0.2, 0) is 4.79 Å². The molecule has 0 atom stereocenters. The van der Waals surface area contributed by atoms with Crippen LogP contribution in [0.15, 0.2) is 18.2 Å². The number of nitrogens with zero attached hydrogens (tertiary/aromatic N) is 1. The van der Waals surface area contributed by atoms with Crippen molar-refractivity contribution in [2.75, 3.05) is 18.5 Å². The van der Waals surface area contributed by atoms with Crippen molar-refractivity contribution >= 4 is 11.6 Å². The Morgan fingerprint density at radius 3 is 2.50 bits per heavy atom. The van der Waals surface area contributed by atoms with Crippen LogP contribution in [0.4, 0.5) is 5.69 Å². The Balaban J connectivity index is 3.03. The maximum atomic E-state index is 12.5. The Hall–Kier alpha value is -1.35. The first-order chi connectivity index (χ1) is 8.29. The normalized spacial score (nSPS) is 11.4. The highest BCUT2D eigenvalue weighted by Gasteiger charge is 2.30. The summed E-state index contributed by atoms with van der Waals surface area (Å²) in [5.41, 5.74) is 8.40. The van der Waals surface area contributed by atoms with E-state index in [9.17, 15) is 4.79 Å². The van der Waals surface area contributed by atoms with E-state index in [4.69, 9.17) is 5.73 Å². The molecule has 0 aliphatic carbocycles. The van der Waals surface area contributed by atoms with E-state index in [1.165, 1.54) is 0 Å². The molecule has 0 aromatic heterocycles. The Kier molecular flexibility index (Phi) is 4.52. The molecular formula is C15H24N2O. The number of benzene rings is 1. The van der Waals surface area contributed by atoms with Gasteiger partial charge in [0.25, 0.3) is 0 Å². The third-order valence-electron chi connectivity index (χ3n) is 3.38. The lowest BCUT2D eigenvalue weighted by atomic mass is 9.87. The van der Waals surface area contributed by atoms with Crippen LogP contribution in [0, 0.1) is 19.3 Å². The Morgan fingerprint density at radius 2 is 1.94 bits per heavy atom. The lowest BCUT2D eigenvalue weighted by Gasteiger charge is -2.30. The lowest BCUT2D eigenvalue weighted by molar-refractivity contribution is -0.126. The number of carbonyl (C=O) groups is 1. The third-order valence-corrected chi connectivity index (χ3v) is 3.38. The molecule has 100 valence electrons. The van der Waals surface area contributed by atoms with Crippen LogP contribution in [-0.4, -0.2) is 19.5 Å². The van der Waals surface area contributed by atoms with Crippen LogP contribution in [0.5, 0.6) is 0 Å². The summed E-state index contributed by atoms with van der Waals surface area (Å²) in [7, 11) is 1.84. The second-order valence-electron chi connectivity index (χ2n) is 5.58. The van der Waals surface area contributed by atoms with Crippen molar-refractivity contribution < 1.29 is 4.79 Å². The summed E-state index contributed by atoms with van der Waals surface area (Å²) in [5.74, 6) is 0.113. The molecule has 18 heavy (non-hydrogen) atoms. The summed E-state index contributed by atoms with van der Waals surface area (Å²) >= 11 is 0. The summed E-state index contributed by atoms with van der Waals surface area (Å²) in [4.78, 5) is 14.2. The first-order valence-electron chi connectivity index (χ1n) is 6.35. The summed E-state index contributed by atoms with van der Waals surface area (Å²) in [6.45, 7) is 8.48. The highest BCUT2D eigenvalue weighted by molar-refractivity contribution is 5.97. The van der Waals surface area contributed by atoms with Gasteiger partial charge in [-0.25, -0.2) is 0 Å². The SMILES string of the molecule is Cc1ccc(C)c(N(C)C(=O)C(C)(C)CCN)c1. The predicted octanol–water partition coefficient (Wildman–Crippen LogP) is 2.64. The van der Waals surface area contributed by atoms with Crippen LogP contribution in [0.25, 0.3) is 0 Å². The summed E-state index contributed by atoms with van der Waals surface area (Å²) < 4.78 is 0. The van der Waals surface area contributed by atoms with Crippen LogP contribution in [0.3, 0.4) is 0 Å². The smallest absolute Gasteiger partial charge is 0.232 e. The monoisotopic (exact) mass is 248 g/mol. The zero-order valence-electron chi connectivity index (χ0n) is 12.1. The van der Waals surface area contributed by atoms with Gasteiger partial charge in [-0.1, -0.05) is 26.0 Å². The van der Waals surface area contributed by atoms with Gasteiger partial charge in [-0.2, -0.15) is 0 Å². The molecule has 1 amide bonds. The molecule has 1 aromatic carbocycles. The van der Waals surface area contributed by atoms with Crippen LogP contribution in [0.1, 0.15) is 31.4 Å². The Bertz CT molecular complexity index is 438. The van der Waals surface area contributed by atoms with Gasteiger partial charge in [0.2, 0.25) is 5.91 Å². The quantitative estimate of drug-likeness (QED) is 0.890. The fraction of sp³-hybridized carbons (Fsp3) is 0.533. The number of nitrogens with two attached hydrogens (primary N) is 1. The molecule has 0 radical (unpaired) electrons. The van der Waals surface area contributed by atoms with Gasteiger partial charge in [-0.05, 0) is 44.0 Å². The third kappa shape index (κ3) is 3.10. The molecule has 3 nitrogen and oxygen atoms in total. The number of anilines is 1. The first kappa shape index (κ1) is 14.7. The van der Waals surface area contributed by atoms with Crippen molar-refractivity contribution in [3.63, 3.8) is 0 Å². The van der Waals surface area contributed by atoms with Crippen LogP contribution >= 0.6 is 0 Å². The Labute approximate surface area is 110 Å².